The van der Waals surface area contributed by atoms with Gasteiger partial charge in [-0.1, -0.05) is 129 Å². The molecule has 15 heteroatoms. The number of tetrazole rings is 1. The molecule has 0 atom stereocenters. The lowest BCUT2D eigenvalue weighted by Crippen LogP contribution is -2.26. The zero-order valence-corrected chi connectivity index (χ0v) is 30.4. The molecule has 1 heterocycles. The number of benzene rings is 4. The van der Waals surface area contributed by atoms with Gasteiger partial charge in [-0.15, -0.1) is 15.0 Å². The Morgan fingerprint density at radius 1 is 0.750 bits per heavy atom. The number of amides is 2. The Morgan fingerprint density at radius 3 is 1.62 bits per heavy atom. The number of hydrogen-bond acceptors (Lipinski definition) is 8. The average Bonchev–Trinajstić information content (AvgIpc) is 3.70. The first-order valence-corrected chi connectivity index (χ1v) is 19.8. The highest BCUT2D eigenvalue weighted by atomic mass is 28.3. The fourth-order valence-corrected chi connectivity index (χ4v) is 4.41. The molecule has 14 nitrogen and oxygen atoms in total. The van der Waals surface area contributed by atoms with E-state index in [9.17, 15) is 9.59 Å². The summed E-state index contributed by atoms with van der Waals surface area (Å²) in [6, 6.07) is 34.3. The fourth-order valence-electron chi connectivity index (χ4n) is 4.14. The summed E-state index contributed by atoms with van der Waals surface area (Å²) in [7, 11) is -1.45. The SMILES string of the molecule is C[Si](C)(C)N=[N+]=[N-].O=C(NCCc1ccc(-c2nn[nH]n2)cc1)OCc1ccccc1.[C-]#[N+]c1ccc(CCNC(=O)OCc2ccccc2)cc1. The molecule has 0 aliphatic rings. The molecule has 1 aromatic heterocycles. The molecule has 0 fully saturated rings. The van der Waals surface area contributed by atoms with Gasteiger partial charge in [0.1, 0.15) is 21.4 Å². The zero-order chi connectivity index (χ0) is 37.4. The maximum Gasteiger partial charge on any atom is 0.407 e. The highest BCUT2D eigenvalue weighted by Crippen LogP contribution is 2.14. The Labute approximate surface area is 304 Å². The molecule has 0 unspecified atom stereocenters. The number of ether oxygens (including phenoxy) is 2. The quantitative estimate of drug-likeness (QED) is 0.0382. The number of H-pyrrole nitrogens is 1. The standard InChI is InChI=1S/C17H17N5O2.C17H16N2O2.C3H9N3Si/c23-17(24-12-14-4-2-1-3-5-14)18-11-10-13-6-8-15(9-7-13)16-19-21-22-20-16;1-18-16-9-7-14(8-10-16)11-12-19-17(20)21-13-15-5-3-2-4-6-15;1-7(2,3)6-5-4/h1-9H,10-12H2,(H,18,23)(H,19,20,21,22);2-10H,11-13H2,(H,19,20);1-3H3. The van der Waals surface area contributed by atoms with E-state index in [0.717, 1.165) is 27.8 Å². The van der Waals surface area contributed by atoms with Crippen LogP contribution in [0.2, 0.25) is 19.6 Å². The van der Waals surface area contributed by atoms with Gasteiger partial charge in [0.15, 0.2) is 5.69 Å². The number of rotatable bonds is 12. The zero-order valence-electron chi connectivity index (χ0n) is 29.4. The molecule has 0 aliphatic heterocycles. The average molecular weight is 719 g/mol. The van der Waals surface area contributed by atoms with Crippen molar-refractivity contribution in [3.8, 4) is 11.4 Å². The number of carbonyl (C=O) groups excluding carboxylic acids is 2. The largest absolute Gasteiger partial charge is 0.445 e. The fraction of sp³-hybridized carbons (Fsp3) is 0.243. The lowest BCUT2D eigenvalue weighted by molar-refractivity contribution is 0.139. The molecule has 0 radical (unpaired) electrons. The van der Waals surface area contributed by atoms with Crippen molar-refractivity contribution >= 4 is 26.1 Å². The van der Waals surface area contributed by atoms with Crippen LogP contribution in [0.5, 0.6) is 0 Å². The Balaban J connectivity index is 0.000000239. The van der Waals surface area contributed by atoms with E-state index < -0.39 is 20.4 Å². The van der Waals surface area contributed by atoms with Crippen molar-refractivity contribution in [1.29, 1.82) is 0 Å². The van der Waals surface area contributed by atoms with Crippen LogP contribution in [-0.4, -0.2) is 54.1 Å². The van der Waals surface area contributed by atoms with Crippen molar-refractivity contribution in [1.82, 2.24) is 31.3 Å². The van der Waals surface area contributed by atoms with Crippen molar-refractivity contribution < 1.29 is 19.1 Å². The highest BCUT2D eigenvalue weighted by Gasteiger charge is 2.08. The van der Waals surface area contributed by atoms with E-state index in [4.69, 9.17) is 21.6 Å². The molecular formula is C37H42N10O4Si. The second kappa shape index (κ2) is 22.3. The van der Waals surface area contributed by atoms with Crippen molar-refractivity contribution in [2.45, 2.75) is 45.7 Å². The molecule has 0 spiro atoms. The molecule has 268 valence electrons. The summed E-state index contributed by atoms with van der Waals surface area (Å²) >= 11 is 0. The topological polar surface area (TPSA) is 184 Å². The van der Waals surface area contributed by atoms with E-state index in [0.29, 0.717) is 37.4 Å². The monoisotopic (exact) mass is 718 g/mol. The molecule has 2 amide bonds. The van der Waals surface area contributed by atoms with Gasteiger partial charge in [-0.25, -0.2) is 14.4 Å². The third-order valence-corrected chi connectivity index (χ3v) is 7.45. The molecule has 4 aromatic carbocycles. The summed E-state index contributed by atoms with van der Waals surface area (Å²) in [5, 5.41) is 19.3. The van der Waals surface area contributed by atoms with Crippen LogP contribution < -0.4 is 10.6 Å². The minimum Gasteiger partial charge on any atom is -0.445 e. The molecule has 0 saturated carbocycles. The summed E-state index contributed by atoms with van der Waals surface area (Å²) in [5.41, 5.74) is 13.5. The minimum absolute atomic E-state index is 0.270. The maximum absolute atomic E-state index is 11.7. The van der Waals surface area contributed by atoms with Crippen LogP contribution in [0.15, 0.2) is 114 Å². The Kier molecular flexibility index (Phi) is 17.1. The van der Waals surface area contributed by atoms with Gasteiger partial charge in [0, 0.05) is 18.7 Å². The van der Waals surface area contributed by atoms with Gasteiger partial charge < -0.3 is 20.1 Å². The predicted molar refractivity (Wildman–Crippen MR) is 201 cm³/mol. The number of azide groups is 1. The van der Waals surface area contributed by atoms with E-state index in [1.165, 1.54) is 0 Å². The summed E-state index contributed by atoms with van der Waals surface area (Å²) in [6.07, 6.45) is 0.588. The summed E-state index contributed by atoms with van der Waals surface area (Å²) in [6.45, 7) is 14.4. The summed E-state index contributed by atoms with van der Waals surface area (Å²) in [5.74, 6) is 0.559. The van der Waals surface area contributed by atoms with E-state index in [2.05, 4.69) is 45.8 Å². The van der Waals surface area contributed by atoms with Crippen molar-refractivity contribution in [2.75, 3.05) is 13.1 Å². The van der Waals surface area contributed by atoms with Gasteiger partial charge in [0.2, 0.25) is 5.82 Å². The van der Waals surface area contributed by atoms with Gasteiger partial charge in [-0.2, -0.15) is 5.21 Å². The van der Waals surface area contributed by atoms with E-state index >= 15 is 0 Å². The smallest absolute Gasteiger partial charge is 0.407 e. The minimum atomic E-state index is -1.45. The lowest BCUT2D eigenvalue weighted by atomic mass is 10.1. The number of nitrogens with zero attached hydrogens (tertiary/aromatic N) is 7. The molecular weight excluding hydrogens is 677 g/mol. The van der Waals surface area contributed by atoms with Crippen LogP contribution in [0.4, 0.5) is 15.3 Å². The van der Waals surface area contributed by atoms with Crippen LogP contribution in [0, 0.1) is 6.57 Å². The second-order valence-corrected chi connectivity index (χ2v) is 16.6. The number of aromatic amines is 1. The van der Waals surface area contributed by atoms with Crippen LogP contribution in [0.3, 0.4) is 0 Å². The molecule has 0 aliphatic carbocycles. The molecule has 3 N–H and O–H groups in total. The van der Waals surface area contributed by atoms with E-state index in [-0.39, 0.29) is 13.2 Å². The number of hydrogen-bond donors (Lipinski definition) is 3. The van der Waals surface area contributed by atoms with E-state index in [1.807, 2.05) is 117 Å². The van der Waals surface area contributed by atoms with Gasteiger partial charge in [-0.05, 0) is 50.8 Å². The Bertz CT molecular complexity index is 1860. The first kappa shape index (κ1) is 39.9. The molecule has 52 heavy (non-hydrogen) atoms. The molecule has 5 aromatic rings. The number of nitrogens with one attached hydrogen (secondary N) is 3. The second-order valence-electron chi connectivity index (χ2n) is 12.0. The predicted octanol–water partition coefficient (Wildman–Crippen LogP) is 8.17. The van der Waals surface area contributed by atoms with Crippen LogP contribution in [0.1, 0.15) is 22.3 Å². The van der Waals surface area contributed by atoms with Crippen LogP contribution in [-0.2, 0) is 35.5 Å². The number of carbonyl (C=O) groups is 2. The summed E-state index contributed by atoms with van der Waals surface area (Å²) < 4.78 is 13.8. The molecule has 0 saturated heterocycles. The maximum atomic E-state index is 11.7. The van der Waals surface area contributed by atoms with Crippen molar-refractivity contribution in [3.63, 3.8) is 0 Å². The number of alkyl carbamates (subject to hydrolysis) is 2. The van der Waals surface area contributed by atoms with Gasteiger partial charge in [-0.3, -0.25) is 0 Å². The Morgan fingerprint density at radius 2 is 1.23 bits per heavy atom. The van der Waals surface area contributed by atoms with Crippen LogP contribution >= 0.6 is 0 Å². The van der Waals surface area contributed by atoms with E-state index in [1.54, 1.807) is 12.1 Å². The van der Waals surface area contributed by atoms with Gasteiger partial charge in [0.05, 0.1) is 6.57 Å². The Hall–Kier alpha value is -6.49. The lowest BCUT2D eigenvalue weighted by Gasteiger charge is -2.07. The van der Waals surface area contributed by atoms with Crippen LogP contribution in [0.25, 0.3) is 26.7 Å². The number of aromatic nitrogens is 4. The molecule has 0 bridgehead atoms. The third-order valence-electron chi connectivity index (χ3n) is 6.76. The normalized spacial score (nSPS) is 10.0. The highest BCUT2D eigenvalue weighted by molar-refractivity contribution is 6.74. The van der Waals surface area contributed by atoms with Gasteiger partial charge in [0.25, 0.3) is 0 Å². The third kappa shape index (κ3) is 16.7. The summed E-state index contributed by atoms with van der Waals surface area (Å²) in [4.78, 5) is 29.2. The van der Waals surface area contributed by atoms with Crippen molar-refractivity contribution in [2.24, 2.45) is 4.78 Å². The molecule has 5 rings (SSSR count). The van der Waals surface area contributed by atoms with Gasteiger partial charge >= 0.3 is 12.2 Å². The van der Waals surface area contributed by atoms with Crippen molar-refractivity contribution in [3.05, 3.63) is 153 Å². The first-order chi connectivity index (χ1) is 25.1. The first-order valence-electron chi connectivity index (χ1n) is 16.4.